The summed E-state index contributed by atoms with van der Waals surface area (Å²) in [5.74, 6) is 0.137. The van der Waals surface area contributed by atoms with Crippen LogP contribution in [0.5, 0.6) is 5.75 Å². The molecule has 1 aliphatic carbocycles. The van der Waals surface area contributed by atoms with Crippen LogP contribution in [0.1, 0.15) is 42.5 Å². The van der Waals surface area contributed by atoms with Crippen molar-refractivity contribution in [3.63, 3.8) is 0 Å². The minimum Gasteiger partial charge on any atom is -0.477 e. The first-order valence-electron chi connectivity index (χ1n) is 12.1. The molecule has 8 nitrogen and oxygen atoms in total. The number of rotatable bonds is 6. The van der Waals surface area contributed by atoms with E-state index in [2.05, 4.69) is 10.6 Å². The minimum absolute atomic E-state index is 0.0262. The molecule has 8 heteroatoms. The van der Waals surface area contributed by atoms with E-state index >= 15 is 0 Å². The average Bonchev–Trinajstić information content (AvgIpc) is 3.68. The molecule has 1 unspecified atom stereocenters. The van der Waals surface area contributed by atoms with E-state index in [0.29, 0.717) is 23.5 Å². The number of fused-ring (bicyclic) bond motifs is 1. The van der Waals surface area contributed by atoms with Crippen molar-refractivity contribution in [3.05, 3.63) is 54.1 Å². The van der Waals surface area contributed by atoms with Gasteiger partial charge in [-0.3, -0.25) is 14.4 Å². The van der Waals surface area contributed by atoms with Crippen molar-refractivity contribution in [2.24, 2.45) is 0 Å². The largest absolute Gasteiger partial charge is 0.477 e. The smallest absolute Gasteiger partial charge is 0.265 e. The van der Waals surface area contributed by atoms with Gasteiger partial charge in [-0.15, -0.1) is 0 Å². The van der Waals surface area contributed by atoms with Crippen molar-refractivity contribution in [1.29, 1.82) is 0 Å². The number of nitrogens with one attached hydrogen (secondary N) is 2. The van der Waals surface area contributed by atoms with E-state index in [4.69, 9.17) is 4.74 Å². The molecule has 1 saturated carbocycles. The molecule has 0 radical (unpaired) electrons. The van der Waals surface area contributed by atoms with Gasteiger partial charge in [-0.25, -0.2) is 0 Å². The molecule has 2 aliphatic heterocycles. The van der Waals surface area contributed by atoms with E-state index in [1.165, 1.54) is 0 Å². The molecule has 2 heterocycles. The van der Waals surface area contributed by atoms with Gasteiger partial charge in [-0.1, -0.05) is 24.3 Å². The topological polar surface area (TPSA) is 91.0 Å². The number of para-hydroxylation sites is 3. The summed E-state index contributed by atoms with van der Waals surface area (Å²) in [7, 11) is 0. The summed E-state index contributed by atoms with van der Waals surface area (Å²) in [5, 5.41) is 5.86. The van der Waals surface area contributed by atoms with E-state index in [1.54, 1.807) is 24.3 Å². The second-order valence-corrected chi connectivity index (χ2v) is 9.18. The molecule has 5 rings (SSSR count). The number of nitrogens with zero attached hydrogens (tertiary/aromatic N) is 2. The third-order valence-electron chi connectivity index (χ3n) is 6.50. The van der Waals surface area contributed by atoms with E-state index in [1.807, 2.05) is 34.1 Å². The van der Waals surface area contributed by atoms with E-state index in [-0.39, 0.29) is 30.3 Å². The van der Waals surface area contributed by atoms with Gasteiger partial charge in [0.2, 0.25) is 5.91 Å². The van der Waals surface area contributed by atoms with Crippen LogP contribution in [-0.4, -0.2) is 60.9 Å². The van der Waals surface area contributed by atoms with E-state index in [0.717, 1.165) is 50.9 Å². The van der Waals surface area contributed by atoms with Crippen molar-refractivity contribution < 1.29 is 19.1 Å². The molecule has 2 aromatic rings. The Morgan fingerprint density at radius 3 is 2.47 bits per heavy atom. The third-order valence-corrected chi connectivity index (χ3v) is 6.50. The molecular formula is C26H30N4O4. The summed E-state index contributed by atoms with van der Waals surface area (Å²) in [6.45, 7) is 1.84. The fraction of sp³-hybridized carbons (Fsp3) is 0.423. The number of likely N-dealkylation sites (tertiary alicyclic amines) is 1. The van der Waals surface area contributed by atoms with Gasteiger partial charge in [-0.05, 0) is 56.4 Å². The molecule has 1 atom stereocenters. The highest BCUT2D eigenvalue weighted by Gasteiger charge is 2.34. The maximum atomic E-state index is 13.1. The summed E-state index contributed by atoms with van der Waals surface area (Å²) in [4.78, 5) is 42.5. The highest BCUT2D eigenvalue weighted by atomic mass is 16.5. The van der Waals surface area contributed by atoms with Crippen LogP contribution >= 0.6 is 0 Å². The molecule has 0 spiro atoms. The van der Waals surface area contributed by atoms with Gasteiger partial charge in [0, 0.05) is 19.1 Å². The molecule has 1 saturated heterocycles. The molecule has 3 amide bonds. The standard InChI is InChI=1S/C26H30N4O4/c31-24(28-20-9-3-2-8-19(20)25(32)27-18-12-13-18)17-30-16-23(26(33)29-14-6-1-7-15-29)34-22-11-5-4-10-21(22)30/h2-5,8-11,18,23H,1,6-7,12-17H2,(H,27,32)(H,28,31). The third kappa shape index (κ3) is 5.00. The number of ether oxygens (including phenoxy) is 1. The van der Waals surface area contributed by atoms with Crippen molar-refractivity contribution in [2.45, 2.75) is 44.2 Å². The lowest BCUT2D eigenvalue weighted by Crippen LogP contribution is -2.52. The van der Waals surface area contributed by atoms with Crippen LogP contribution in [0.4, 0.5) is 11.4 Å². The lowest BCUT2D eigenvalue weighted by atomic mass is 10.1. The summed E-state index contributed by atoms with van der Waals surface area (Å²) in [6.07, 6.45) is 4.49. The second kappa shape index (κ2) is 9.75. The van der Waals surface area contributed by atoms with Gasteiger partial charge in [0.05, 0.1) is 30.0 Å². The maximum Gasteiger partial charge on any atom is 0.265 e. The molecule has 0 aromatic heterocycles. The maximum absolute atomic E-state index is 13.1. The highest BCUT2D eigenvalue weighted by Crippen LogP contribution is 2.33. The van der Waals surface area contributed by atoms with Gasteiger partial charge >= 0.3 is 0 Å². The van der Waals surface area contributed by atoms with Crippen LogP contribution in [0, 0.1) is 0 Å². The Bertz CT molecular complexity index is 1080. The number of anilines is 2. The normalized spacial score (nSPS) is 19.6. The van der Waals surface area contributed by atoms with Gasteiger partial charge in [0.25, 0.3) is 11.8 Å². The first-order chi connectivity index (χ1) is 16.6. The number of hydrogen-bond acceptors (Lipinski definition) is 5. The summed E-state index contributed by atoms with van der Waals surface area (Å²) >= 11 is 0. The number of amides is 3. The SMILES string of the molecule is O=C(CN1CC(C(=O)N2CCCCC2)Oc2ccccc21)Nc1ccccc1C(=O)NC1CC1. The Morgan fingerprint density at radius 1 is 0.941 bits per heavy atom. The van der Waals surface area contributed by atoms with Crippen molar-refractivity contribution in [3.8, 4) is 5.75 Å². The number of piperidine rings is 1. The van der Waals surface area contributed by atoms with Crippen molar-refractivity contribution in [1.82, 2.24) is 10.2 Å². The zero-order chi connectivity index (χ0) is 23.5. The zero-order valence-corrected chi connectivity index (χ0v) is 19.2. The highest BCUT2D eigenvalue weighted by molar-refractivity contribution is 6.04. The minimum atomic E-state index is -0.655. The Balaban J connectivity index is 1.29. The first-order valence-corrected chi connectivity index (χ1v) is 12.1. The Morgan fingerprint density at radius 2 is 1.68 bits per heavy atom. The Labute approximate surface area is 199 Å². The Hall–Kier alpha value is -3.55. The van der Waals surface area contributed by atoms with E-state index in [9.17, 15) is 14.4 Å². The van der Waals surface area contributed by atoms with Crippen LogP contribution in [-0.2, 0) is 9.59 Å². The predicted octanol–water partition coefficient (Wildman–Crippen LogP) is 2.80. The quantitative estimate of drug-likeness (QED) is 0.689. The van der Waals surface area contributed by atoms with Crippen molar-refractivity contribution in [2.75, 3.05) is 36.4 Å². The van der Waals surface area contributed by atoms with Crippen LogP contribution < -0.4 is 20.3 Å². The van der Waals surface area contributed by atoms with Crippen LogP contribution in [0.3, 0.4) is 0 Å². The number of benzene rings is 2. The number of hydrogen-bond donors (Lipinski definition) is 2. The predicted molar refractivity (Wildman–Crippen MR) is 129 cm³/mol. The summed E-state index contributed by atoms with van der Waals surface area (Å²) < 4.78 is 6.05. The molecule has 2 aromatic carbocycles. The Kier molecular flexibility index (Phi) is 6.38. The first kappa shape index (κ1) is 22.3. The fourth-order valence-electron chi connectivity index (χ4n) is 4.55. The molecule has 178 valence electrons. The molecule has 34 heavy (non-hydrogen) atoms. The molecule has 0 bridgehead atoms. The van der Waals surface area contributed by atoms with Gasteiger partial charge < -0.3 is 25.2 Å². The van der Waals surface area contributed by atoms with Crippen LogP contribution in [0.2, 0.25) is 0 Å². The molecule has 2 fully saturated rings. The average molecular weight is 463 g/mol. The fourth-order valence-corrected chi connectivity index (χ4v) is 4.55. The summed E-state index contributed by atoms with van der Waals surface area (Å²) in [6, 6.07) is 14.7. The number of carbonyl (C=O) groups is 3. The zero-order valence-electron chi connectivity index (χ0n) is 19.2. The monoisotopic (exact) mass is 462 g/mol. The van der Waals surface area contributed by atoms with Crippen molar-refractivity contribution >= 4 is 29.1 Å². The molecule has 2 N–H and O–H groups in total. The lowest BCUT2D eigenvalue weighted by Gasteiger charge is -2.38. The van der Waals surface area contributed by atoms with Gasteiger partial charge in [-0.2, -0.15) is 0 Å². The van der Waals surface area contributed by atoms with Crippen LogP contribution in [0.15, 0.2) is 48.5 Å². The summed E-state index contributed by atoms with van der Waals surface area (Å²) in [5.41, 5.74) is 1.71. The molecule has 3 aliphatic rings. The second-order valence-electron chi connectivity index (χ2n) is 9.18. The molecular weight excluding hydrogens is 432 g/mol. The van der Waals surface area contributed by atoms with Crippen LogP contribution in [0.25, 0.3) is 0 Å². The van der Waals surface area contributed by atoms with Gasteiger partial charge in [0.15, 0.2) is 6.10 Å². The lowest BCUT2D eigenvalue weighted by molar-refractivity contribution is -0.139. The number of carbonyl (C=O) groups excluding carboxylic acids is 3. The van der Waals surface area contributed by atoms with E-state index < -0.39 is 6.10 Å². The van der Waals surface area contributed by atoms with Gasteiger partial charge in [0.1, 0.15) is 5.75 Å².